The summed E-state index contributed by atoms with van der Waals surface area (Å²) in [4.78, 5) is 13.5. The minimum Gasteiger partial charge on any atom is -0.353 e. The number of amides is 1. The molecule has 1 amide bonds. The minimum absolute atomic E-state index is 0.0353. The Morgan fingerprint density at radius 2 is 1.84 bits per heavy atom. The first-order valence-electron chi connectivity index (χ1n) is 9.20. The maximum Gasteiger partial charge on any atom is 0.237 e. The molecule has 4 heteroatoms. The van der Waals surface area contributed by atoms with Gasteiger partial charge in [0.1, 0.15) is 0 Å². The zero-order valence-corrected chi connectivity index (χ0v) is 16.5. The van der Waals surface area contributed by atoms with Crippen molar-refractivity contribution in [2.45, 2.75) is 65.1 Å². The van der Waals surface area contributed by atoms with Gasteiger partial charge in [-0.25, -0.2) is 0 Å². The lowest BCUT2D eigenvalue weighted by Crippen LogP contribution is -2.45. The number of carbonyl (C=O) groups is 1. The van der Waals surface area contributed by atoms with Crippen molar-refractivity contribution in [3.63, 3.8) is 0 Å². The summed E-state index contributed by atoms with van der Waals surface area (Å²) in [6, 6.07) is 12.9. The highest BCUT2D eigenvalue weighted by molar-refractivity contribution is 7.10. The summed E-state index contributed by atoms with van der Waals surface area (Å²) in [5.41, 5.74) is 2.58. The third kappa shape index (κ3) is 5.98. The molecule has 0 saturated carbocycles. The van der Waals surface area contributed by atoms with Crippen molar-refractivity contribution in [3.8, 4) is 0 Å². The van der Waals surface area contributed by atoms with Gasteiger partial charge in [0.05, 0.1) is 12.1 Å². The fraction of sp³-hybridized carbons (Fsp3) is 0.476. The van der Waals surface area contributed by atoms with E-state index in [0.717, 1.165) is 6.42 Å². The van der Waals surface area contributed by atoms with Crippen molar-refractivity contribution >= 4 is 17.2 Å². The zero-order chi connectivity index (χ0) is 18.2. The fourth-order valence-corrected chi connectivity index (χ4v) is 3.60. The number of benzene rings is 1. The number of nitrogens with one attached hydrogen (secondary N) is 2. The highest BCUT2D eigenvalue weighted by Gasteiger charge is 2.21. The Bertz CT molecular complexity index is 634. The standard InChI is InChI=1S/C21H30N2OS/c1-5-6-8-17-10-12-18(13-11-17)20(19-9-7-14-25-19)23-16(4)21(24)22-15(2)3/h7,9-16,20,23H,5-6,8H2,1-4H3,(H,22,24)/t16-,20+/m1/s1. The van der Waals surface area contributed by atoms with Crippen LogP contribution in [0.1, 0.15) is 62.6 Å². The maximum absolute atomic E-state index is 12.3. The number of carbonyl (C=O) groups excluding carboxylic acids is 1. The summed E-state index contributed by atoms with van der Waals surface area (Å²) in [6.45, 7) is 8.11. The lowest BCUT2D eigenvalue weighted by atomic mass is 10.0. The Kier molecular flexibility index (Phi) is 7.66. The van der Waals surface area contributed by atoms with Crippen molar-refractivity contribution in [1.82, 2.24) is 10.6 Å². The van der Waals surface area contributed by atoms with Crippen molar-refractivity contribution < 1.29 is 4.79 Å². The van der Waals surface area contributed by atoms with Crippen molar-refractivity contribution in [3.05, 3.63) is 57.8 Å². The summed E-state index contributed by atoms with van der Waals surface area (Å²) >= 11 is 1.72. The van der Waals surface area contributed by atoms with Crippen molar-refractivity contribution in [2.75, 3.05) is 0 Å². The maximum atomic E-state index is 12.3. The lowest BCUT2D eigenvalue weighted by Gasteiger charge is -2.23. The third-order valence-electron chi connectivity index (χ3n) is 4.20. The molecular weight excluding hydrogens is 328 g/mol. The normalized spacial score (nSPS) is 13.6. The predicted octanol–water partition coefficient (Wildman–Crippen LogP) is 4.68. The van der Waals surface area contributed by atoms with Crippen molar-refractivity contribution in [2.24, 2.45) is 0 Å². The zero-order valence-electron chi connectivity index (χ0n) is 15.7. The molecular formula is C21H30N2OS. The Labute approximate surface area is 155 Å². The van der Waals surface area contributed by atoms with E-state index in [1.165, 1.54) is 28.8 Å². The molecule has 0 unspecified atom stereocenters. The molecule has 0 radical (unpaired) electrons. The van der Waals surface area contributed by atoms with E-state index >= 15 is 0 Å². The van der Waals surface area contributed by atoms with Crippen LogP contribution in [-0.2, 0) is 11.2 Å². The lowest BCUT2D eigenvalue weighted by molar-refractivity contribution is -0.123. The van der Waals surface area contributed by atoms with E-state index in [1.807, 2.05) is 20.8 Å². The monoisotopic (exact) mass is 358 g/mol. The van der Waals surface area contributed by atoms with Crippen LogP contribution in [0.2, 0.25) is 0 Å². The van der Waals surface area contributed by atoms with E-state index in [-0.39, 0.29) is 24.0 Å². The minimum atomic E-state index is -0.255. The summed E-state index contributed by atoms with van der Waals surface area (Å²) in [6.07, 6.45) is 3.56. The molecule has 2 aromatic rings. The number of unbranched alkanes of at least 4 members (excludes halogenated alkanes) is 1. The van der Waals surface area contributed by atoms with E-state index in [0.29, 0.717) is 0 Å². The Morgan fingerprint density at radius 1 is 1.12 bits per heavy atom. The molecule has 3 nitrogen and oxygen atoms in total. The van der Waals surface area contributed by atoms with E-state index in [2.05, 4.69) is 59.3 Å². The smallest absolute Gasteiger partial charge is 0.237 e. The van der Waals surface area contributed by atoms with Gasteiger partial charge in [-0.05, 0) is 56.2 Å². The first-order chi connectivity index (χ1) is 12.0. The number of hydrogen-bond acceptors (Lipinski definition) is 3. The van der Waals surface area contributed by atoms with Crippen LogP contribution in [0.5, 0.6) is 0 Å². The number of hydrogen-bond donors (Lipinski definition) is 2. The number of rotatable bonds is 9. The predicted molar refractivity (Wildman–Crippen MR) is 107 cm³/mol. The third-order valence-corrected chi connectivity index (χ3v) is 5.14. The molecule has 0 saturated heterocycles. The van der Waals surface area contributed by atoms with Gasteiger partial charge in [0, 0.05) is 10.9 Å². The van der Waals surface area contributed by atoms with Crippen molar-refractivity contribution in [1.29, 1.82) is 0 Å². The second kappa shape index (κ2) is 9.73. The summed E-state index contributed by atoms with van der Waals surface area (Å²) < 4.78 is 0. The van der Waals surface area contributed by atoms with E-state index in [4.69, 9.17) is 0 Å². The van der Waals surface area contributed by atoms with Gasteiger partial charge in [0.25, 0.3) is 0 Å². The molecule has 2 rings (SSSR count). The highest BCUT2D eigenvalue weighted by Crippen LogP contribution is 2.27. The largest absolute Gasteiger partial charge is 0.353 e. The van der Waals surface area contributed by atoms with E-state index in [9.17, 15) is 4.79 Å². The molecule has 0 bridgehead atoms. The van der Waals surface area contributed by atoms with Crippen LogP contribution in [0, 0.1) is 0 Å². The molecule has 136 valence electrons. The molecule has 0 aliphatic carbocycles. The van der Waals surface area contributed by atoms with Crippen LogP contribution in [0.25, 0.3) is 0 Å². The van der Waals surface area contributed by atoms with Gasteiger partial charge in [-0.15, -0.1) is 11.3 Å². The van der Waals surface area contributed by atoms with Crippen LogP contribution in [0.3, 0.4) is 0 Å². The second-order valence-electron chi connectivity index (χ2n) is 6.85. The topological polar surface area (TPSA) is 41.1 Å². The van der Waals surface area contributed by atoms with Gasteiger partial charge in [-0.2, -0.15) is 0 Å². The average molecular weight is 359 g/mol. The van der Waals surface area contributed by atoms with Gasteiger partial charge >= 0.3 is 0 Å². The van der Waals surface area contributed by atoms with Crippen LogP contribution in [0.4, 0.5) is 0 Å². The highest BCUT2D eigenvalue weighted by atomic mass is 32.1. The SMILES string of the molecule is CCCCc1ccc([C@H](N[C@H](C)C(=O)NC(C)C)c2cccs2)cc1. The fourth-order valence-electron chi connectivity index (χ4n) is 2.79. The molecule has 2 N–H and O–H groups in total. The van der Waals surface area contributed by atoms with Crippen LogP contribution in [0.15, 0.2) is 41.8 Å². The number of thiophene rings is 1. The summed E-state index contributed by atoms with van der Waals surface area (Å²) in [5.74, 6) is 0.0381. The van der Waals surface area contributed by atoms with Gasteiger partial charge in [-0.1, -0.05) is 43.7 Å². The average Bonchev–Trinajstić information content (AvgIpc) is 3.12. The van der Waals surface area contributed by atoms with Gasteiger partial charge in [0.15, 0.2) is 0 Å². The molecule has 0 spiro atoms. The van der Waals surface area contributed by atoms with Gasteiger partial charge in [-0.3, -0.25) is 10.1 Å². The first kappa shape index (κ1) is 19.7. The molecule has 0 aliphatic heterocycles. The van der Waals surface area contributed by atoms with E-state index < -0.39 is 0 Å². The molecule has 1 heterocycles. The molecule has 25 heavy (non-hydrogen) atoms. The van der Waals surface area contributed by atoms with Gasteiger partial charge in [0.2, 0.25) is 5.91 Å². The quantitative estimate of drug-likeness (QED) is 0.683. The Balaban J connectivity index is 2.15. The Morgan fingerprint density at radius 3 is 2.40 bits per heavy atom. The van der Waals surface area contributed by atoms with Crippen LogP contribution in [-0.4, -0.2) is 18.0 Å². The number of aryl methyl sites for hydroxylation is 1. The molecule has 1 aromatic heterocycles. The molecule has 0 aliphatic rings. The van der Waals surface area contributed by atoms with Crippen LogP contribution >= 0.6 is 11.3 Å². The molecule has 1 aromatic carbocycles. The summed E-state index contributed by atoms with van der Waals surface area (Å²) in [5, 5.41) is 8.56. The second-order valence-corrected chi connectivity index (χ2v) is 7.82. The Hall–Kier alpha value is -1.65. The molecule has 0 fully saturated rings. The summed E-state index contributed by atoms with van der Waals surface area (Å²) in [7, 11) is 0. The van der Waals surface area contributed by atoms with Gasteiger partial charge < -0.3 is 5.32 Å². The van der Waals surface area contributed by atoms with E-state index in [1.54, 1.807) is 11.3 Å². The first-order valence-corrected chi connectivity index (χ1v) is 10.1. The van der Waals surface area contributed by atoms with Crippen LogP contribution < -0.4 is 10.6 Å². The molecule has 2 atom stereocenters.